The number of hydrogen-bond acceptors (Lipinski definition) is 3. The number of carbonyl (C=O) groups is 2. The highest BCUT2D eigenvalue weighted by atomic mass is 19.1. The van der Waals surface area contributed by atoms with E-state index in [-0.39, 0.29) is 17.0 Å². The van der Waals surface area contributed by atoms with E-state index in [0.717, 1.165) is 36.2 Å². The Labute approximate surface area is 194 Å². The van der Waals surface area contributed by atoms with Gasteiger partial charge in [0.1, 0.15) is 17.6 Å². The van der Waals surface area contributed by atoms with Crippen LogP contribution in [0.2, 0.25) is 0 Å². The van der Waals surface area contributed by atoms with Gasteiger partial charge >= 0.3 is 5.97 Å². The molecule has 4 bridgehead atoms. The SMILES string of the molecule is C[C@@H]1CC[C@@H](C(=O)O)N1C(=O)c1cc(C2CC2)c(OCC23CC4CC(CC(C4)C2)C3)cc1F. The number of carboxylic acids is 1. The molecule has 6 heteroatoms. The van der Waals surface area contributed by atoms with Crippen molar-refractivity contribution in [3.63, 3.8) is 0 Å². The Balaban J connectivity index is 1.25. The first-order valence-corrected chi connectivity index (χ1v) is 12.8. The summed E-state index contributed by atoms with van der Waals surface area (Å²) in [5, 5.41) is 9.54. The van der Waals surface area contributed by atoms with E-state index in [1.54, 1.807) is 6.07 Å². The molecule has 1 amide bonds. The lowest BCUT2D eigenvalue weighted by atomic mass is 9.50. The van der Waals surface area contributed by atoms with Crippen LogP contribution < -0.4 is 4.74 Å². The predicted molar refractivity (Wildman–Crippen MR) is 121 cm³/mol. The van der Waals surface area contributed by atoms with Gasteiger partial charge in [-0.1, -0.05) is 0 Å². The van der Waals surface area contributed by atoms with Crippen LogP contribution in [0.25, 0.3) is 0 Å². The van der Waals surface area contributed by atoms with E-state index in [4.69, 9.17) is 4.74 Å². The molecular weight excluding hydrogens is 421 g/mol. The lowest BCUT2D eigenvalue weighted by molar-refractivity contribution is -0.141. The van der Waals surface area contributed by atoms with Gasteiger partial charge in [-0.2, -0.15) is 0 Å². The number of aliphatic carboxylic acids is 1. The van der Waals surface area contributed by atoms with Crippen LogP contribution in [0, 0.1) is 29.0 Å². The Morgan fingerprint density at radius 2 is 1.70 bits per heavy atom. The molecule has 0 aromatic heterocycles. The highest BCUT2D eigenvalue weighted by molar-refractivity contribution is 5.98. The fourth-order valence-corrected chi connectivity index (χ4v) is 7.98. The molecule has 7 rings (SSSR count). The van der Waals surface area contributed by atoms with Gasteiger partial charge in [-0.25, -0.2) is 9.18 Å². The summed E-state index contributed by atoms with van der Waals surface area (Å²) in [6.07, 6.45) is 10.9. The molecule has 178 valence electrons. The summed E-state index contributed by atoms with van der Waals surface area (Å²) in [6, 6.07) is 1.96. The molecule has 33 heavy (non-hydrogen) atoms. The minimum Gasteiger partial charge on any atom is -0.493 e. The van der Waals surface area contributed by atoms with E-state index < -0.39 is 23.7 Å². The van der Waals surface area contributed by atoms with Crippen LogP contribution in [0.1, 0.15) is 93.0 Å². The molecular formula is C27H34FNO4. The zero-order valence-corrected chi connectivity index (χ0v) is 19.4. The van der Waals surface area contributed by atoms with Gasteiger partial charge in [0.15, 0.2) is 0 Å². The summed E-state index contributed by atoms with van der Waals surface area (Å²) < 4.78 is 21.7. The molecule has 0 spiro atoms. The van der Waals surface area contributed by atoms with Crippen molar-refractivity contribution in [3.8, 4) is 5.75 Å². The number of rotatable bonds is 6. The van der Waals surface area contributed by atoms with Crippen molar-refractivity contribution in [1.29, 1.82) is 0 Å². The quantitative estimate of drug-likeness (QED) is 0.626. The standard InChI is InChI=1S/C27H34FNO4/c1-15-2-5-23(26(31)32)29(15)25(30)21-9-20(19-3-4-19)24(10-22(21)28)33-14-27-11-16-6-17(12-27)8-18(7-16)13-27/h9-10,15-19,23H,2-8,11-14H2,1H3,(H,31,32)/t15-,16?,17?,18?,23+,27?/m1/s1. The lowest BCUT2D eigenvalue weighted by Gasteiger charge is -2.56. The molecule has 5 saturated carbocycles. The largest absolute Gasteiger partial charge is 0.493 e. The zero-order valence-electron chi connectivity index (χ0n) is 19.4. The number of hydrogen-bond donors (Lipinski definition) is 1. The molecule has 5 nitrogen and oxygen atoms in total. The third-order valence-electron chi connectivity index (χ3n) is 9.23. The third-order valence-corrected chi connectivity index (χ3v) is 9.23. The molecule has 5 aliphatic carbocycles. The van der Waals surface area contributed by atoms with Gasteiger partial charge in [-0.15, -0.1) is 0 Å². The molecule has 1 aliphatic heterocycles. The molecule has 2 atom stereocenters. The summed E-state index contributed by atoms with van der Waals surface area (Å²) in [7, 11) is 0. The Hall–Kier alpha value is -2.11. The number of ether oxygens (including phenoxy) is 1. The highest BCUT2D eigenvalue weighted by Gasteiger charge is 2.51. The first-order chi connectivity index (χ1) is 15.8. The van der Waals surface area contributed by atoms with Gasteiger partial charge in [-0.05, 0) is 106 Å². The Kier molecular flexibility index (Phi) is 5.00. The van der Waals surface area contributed by atoms with Gasteiger partial charge in [0.25, 0.3) is 5.91 Å². The fourth-order valence-electron chi connectivity index (χ4n) is 7.98. The summed E-state index contributed by atoms with van der Waals surface area (Å²) in [4.78, 5) is 26.3. The average molecular weight is 456 g/mol. The van der Waals surface area contributed by atoms with E-state index in [9.17, 15) is 14.7 Å². The van der Waals surface area contributed by atoms with Crippen molar-refractivity contribution in [2.45, 2.75) is 89.1 Å². The van der Waals surface area contributed by atoms with Crippen molar-refractivity contribution in [3.05, 3.63) is 29.1 Å². The van der Waals surface area contributed by atoms with Crippen molar-refractivity contribution < 1.29 is 23.8 Å². The van der Waals surface area contributed by atoms with Crippen LogP contribution in [-0.4, -0.2) is 40.6 Å². The van der Waals surface area contributed by atoms with E-state index in [1.165, 1.54) is 49.5 Å². The van der Waals surface area contributed by atoms with Crippen molar-refractivity contribution >= 4 is 11.9 Å². The number of benzene rings is 1. The maximum absolute atomic E-state index is 15.3. The molecule has 1 aromatic carbocycles. The second-order valence-electron chi connectivity index (χ2n) is 11.8. The number of nitrogens with zero attached hydrogens (tertiary/aromatic N) is 1. The van der Waals surface area contributed by atoms with Gasteiger partial charge < -0.3 is 14.7 Å². The maximum atomic E-state index is 15.3. The van der Waals surface area contributed by atoms with E-state index in [0.29, 0.717) is 31.1 Å². The average Bonchev–Trinajstić information content (AvgIpc) is 3.52. The van der Waals surface area contributed by atoms with Crippen molar-refractivity contribution in [2.24, 2.45) is 23.2 Å². The number of carbonyl (C=O) groups excluding carboxylic acids is 1. The first kappa shape index (κ1) is 21.4. The molecule has 1 heterocycles. The summed E-state index contributed by atoms with van der Waals surface area (Å²) in [5.74, 6) is 1.26. The molecule has 6 fully saturated rings. The zero-order chi connectivity index (χ0) is 22.9. The minimum atomic E-state index is -1.02. The number of amides is 1. The van der Waals surface area contributed by atoms with Crippen molar-refractivity contribution in [2.75, 3.05) is 6.61 Å². The highest BCUT2D eigenvalue weighted by Crippen LogP contribution is 2.60. The van der Waals surface area contributed by atoms with Gasteiger partial charge in [-0.3, -0.25) is 4.79 Å². The van der Waals surface area contributed by atoms with Crippen LogP contribution >= 0.6 is 0 Å². The van der Waals surface area contributed by atoms with Crippen LogP contribution in [0.15, 0.2) is 12.1 Å². The second-order valence-corrected chi connectivity index (χ2v) is 11.8. The predicted octanol–water partition coefficient (Wildman–Crippen LogP) is 5.38. The van der Waals surface area contributed by atoms with Crippen LogP contribution in [0.4, 0.5) is 4.39 Å². The molecule has 1 saturated heterocycles. The molecule has 1 aromatic rings. The summed E-state index contributed by atoms with van der Waals surface area (Å²) in [5.41, 5.74) is 1.14. The van der Waals surface area contributed by atoms with E-state index in [2.05, 4.69) is 0 Å². The normalized spacial score (nSPS) is 36.9. The summed E-state index contributed by atoms with van der Waals surface area (Å²) >= 11 is 0. The second kappa shape index (κ2) is 7.71. The topological polar surface area (TPSA) is 66.8 Å². The van der Waals surface area contributed by atoms with Crippen LogP contribution in [-0.2, 0) is 4.79 Å². The monoisotopic (exact) mass is 455 g/mol. The molecule has 1 N–H and O–H groups in total. The smallest absolute Gasteiger partial charge is 0.326 e. The van der Waals surface area contributed by atoms with E-state index in [1.807, 2.05) is 6.92 Å². The molecule has 6 aliphatic rings. The number of halogens is 1. The van der Waals surface area contributed by atoms with E-state index >= 15 is 4.39 Å². The fraction of sp³-hybridized carbons (Fsp3) is 0.704. The number of carboxylic acid groups (broad SMARTS) is 1. The van der Waals surface area contributed by atoms with Gasteiger partial charge in [0.2, 0.25) is 0 Å². The minimum absolute atomic E-state index is 0.0148. The van der Waals surface area contributed by atoms with Crippen molar-refractivity contribution in [1.82, 2.24) is 4.90 Å². The molecule has 0 unspecified atom stereocenters. The van der Waals surface area contributed by atoms with Crippen LogP contribution in [0.3, 0.4) is 0 Å². The Morgan fingerprint density at radius 1 is 1.06 bits per heavy atom. The van der Waals surface area contributed by atoms with Gasteiger partial charge in [0, 0.05) is 17.5 Å². The number of likely N-dealkylation sites (tertiary alicyclic amines) is 1. The van der Waals surface area contributed by atoms with Crippen LogP contribution in [0.5, 0.6) is 5.75 Å². The lowest BCUT2D eigenvalue weighted by Crippen LogP contribution is -2.48. The Bertz CT molecular complexity index is 951. The molecule has 0 radical (unpaired) electrons. The summed E-state index contributed by atoms with van der Waals surface area (Å²) in [6.45, 7) is 2.48. The van der Waals surface area contributed by atoms with Gasteiger partial charge in [0.05, 0.1) is 12.2 Å². The first-order valence-electron chi connectivity index (χ1n) is 12.8. The Morgan fingerprint density at radius 3 is 2.27 bits per heavy atom. The third kappa shape index (κ3) is 3.74. The maximum Gasteiger partial charge on any atom is 0.326 e.